The van der Waals surface area contributed by atoms with Crippen molar-refractivity contribution in [2.75, 3.05) is 13.2 Å². The van der Waals surface area contributed by atoms with Gasteiger partial charge in [-0.05, 0) is 42.2 Å². The molecule has 38 heavy (non-hydrogen) atoms. The molecule has 198 valence electrons. The van der Waals surface area contributed by atoms with Crippen LogP contribution in [0.15, 0.2) is 96.1 Å². The van der Waals surface area contributed by atoms with Crippen molar-refractivity contribution in [2.24, 2.45) is 22.9 Å². The molecule has 2 unspecified atom stereocenters. The van der Waals surface area contributed by atoms with Crippen LogP contribution in [0.5, 0.6) is 0 Å². The van der Waals surface area contributed by atoms with E-state index in [1.807, 2.05) is 60.7 Å². The Morgan fingerprint density at radius 2 is 1.00 bits per heavy atom. The predicted molar refractivity (Wildman–Crippen MR) is 149 cm³/mol. The van der Waals surface area contributed by atoms with Gasteiger partial charge in [0, 0.05) is 0 Å². The van der Waals surface area contributed by atoms with Crippen LogP contribution in [0.25, 0.3) is 11.4 Å². The second kappa shape index (κ2) is 13.2. The summed E-state index contributed by atoms with van der Waals surface area (Å²) in [6.45, 7) is 3.73. The van der Waals surface area contributed by atoms with Crippen LogP contribution in [0.2, 0.25) is 0 Å². The first-order valence-corrected chi connectivity index (χ1v) is 12.3. The van der Waals surface area contributed by atoms with Crippen molar-refractivity contribution in [3.63, 3.8) is 0 Å². The summed E-state index contributed by atoms with van der Waals surface area (Å²) >= 11 is 0. The third-order valence-corrected chi connectivity index (χ3v) is 5.99. The first-order valence-electron chi connectivity index (χ1n) is 12.3. The number of benzene rings is 3. The molecule has 0 fully saturated rings. The monoisotopic (exact) mass is 514 g/mol. The molecule has 0 aromatic heterocycles. The Bertz CT molecular complexity index is 1220. The van der Waals surface area contributed by atoms with E-state index >= 15 is 0 Å². The number of ether oxygens (including phenoxy) is 2. The highest BCUT2D eigenvalue weighted by Crippen LogP contribution is 2.30. The Morgan fingerprint density at radius 1 is 0.632 bits per heavy atom. The largest absolute Gasteiger partial charge is 0.463 e. The number of esters is 2. The zero-order valence-electron chi connectivity index (χ0n) is 21.6. The van der Waals surface area contributed by atoms with E-state index in [0.717, 1.165) is 0 Å². The van der Waals surface area contributed by atoms with Crippen molar-refractivity contribution >= 4 is 23.3 Å². The Morgan fingerprint density at radius 3 is 1.34 bits per heavy atom. The molecule has 3 rings (SSSR count). The third kappa shape index (κ3) is 6.47. The lowest BCUT2D eigenvalue weighted by Gasteiger charge is -2.20. The number of rotatable bonds is 10. The van der Waals surface area contributed by atoms with Crippen LogP contribution in [-0.2, 0) is 19.1 Å². The molecule has 0 spiro atoms. The Labute approximate surface area is 222 Å². The molecule has 0 aliphatic heterocycles. The molecule has 0 aliphatic carbocycles. The molecular formula is C30H34N4O4. The molecule has 0 bridgehead atoms. The van der Waals surface area contributed by atoms with Crippen LogP contribution in [0, 0.1) is 0 Å². The van der Waals surface area contributed by atoms with Gasteiger partial charge in [-0.2, -0.15) is 0 Å². The van der Waals surface area contributed by atoms with Gasteiger partial charge in [-0.25, -0.2) is 9.59 Å². The van der Waals surface area contributed by atoms with Crippen LogP contribution in [-0.4, -0.2) is 25.2 Å². The molecule has 0 aliphatic rings. The zero-order valence-corrected chi connectivity index (χ0v) is 21.6. The van der Waals surface area contributed by atoms with Crippen molar-refractivity contribution < 1.29 is 19.1 Å². The molecule has 0 heterocycles. The summed E-state index contributed by atoms with van der Waals surface area (Å²) in [6.07, 6.45) is 0. The molecule has 3 aromatic rings. The number of carbonyl (C=O) groups is 2. The summed E-state index contributed by atoms with van der Waals surface area (Å²) in [6, 6.07) is 23.5. The fourth-order valence-corrected chi connectivity index (χ4v) is 4.05. The van der Waals surface area contributed by atoms with Crippen molar-refractivity contribution in [3.8, 4) is 0 Å². The van der Waals surface area contributed by atoms with E-state index in [1.165, 1.54) is 0 Å². The van der Waals surface area contributed by atoms with Crippen molar-refractivity contribution in [2.45, 2.75) is 25.9 Å². The zero-order chi connectivity index (χ0) is 27.7. The van der Waals surface area contributed by atoms with E-state index < -0.39 is 24.0 Å². The van der Waals surface area contributed by atoms with Gasteiger partial charge in [-0.3, -0.25) is 0 Å². The minimum atomic E-state index is -0.826. The molecule has 8 heteroatoms. The quantitative estimate of drug-likeness (QED) is 0.236. The molecule has 0 radical (unpaired) electrons. The number of nitrogens with two attached hydrogens (primary N) is 4. The standard InChI is InChI=1S/C30H34N4O4/c1-3-37-29(35)23(25(31)19-12-7-5-8-13-19)27(33)21-16-11-17-22(18-21)28(34)24(30(36)38-4-2)26(32)20-14-9-6-10-15-20/h5-18,25-26H,3-4,31-34H2,1-2H3/b27-23+,28-24+. The van der Waals surface area contributed by atoms with E-state index in [-0.39, 0.29) is 35.8 Å². The number of hydrogen-bond donors (Lipinski definition) is 4. The van der Waals surface area contributed by atoms with E-state index in [4.69, 9.17) is 32.4 Å². The minimum Gasteiger partial charge on any atom is -0.463 e. The van der Waals surface area contributed by atoms with Crippen LogP contribution >= 0.6 is 0 Å². The highest BCUT2D eigenvalue weighted by Gasteiger charge is 2.27. The van der Waals surface area contributed by atoms with Gasteiger partial charge in [-0.1, -0.05) is 78.9 Å². The van der Waals surface area contributed by atoms with Gasteiger partial charge in [0.25, 0.3) is 0 Å². The Balaban J connectivity index is 2.15. The molecule has 0 saturated carbocycles. The summed E-state index contributed by atoms with van der Waals surface area (Å²) in [5.41, 5.74) is 28.9. The first-order chi connectivity index (χ1) is 18.3. The first kappa shape index (κ1) is 28.2. The maximum Gasteiger partial charge on any atom is 0.338 e. The number of hydrogen-bond acceptors (Lipinski definition) is 8. The molecule has 8 N–H and O–H groups in total. The maximum atomic E-state index is 13.0. The third-order valence-electron chi connectivity index (χ3n) is 5.99. The SMILES string of the molecule is CCOC(=O)/C(=C(/N)c1cccc(/C(N)=C(\C(=O)OCC)C(N)c2ccccc2)c1)C(N)c1ccccc1. The molecule has 0 amide bonds. The van der Waals surface area contributed by atoms with E-state index in [0.29, 0.717) is 22.3 Å². The van der Waals surface area contributed by atoms with Crippen molar-refractivity contribution in [3.05, 3.63) is 118 Å². The van der Waals surface area contributed by atoms with Gasteiger partial charge in [0.05, 0.1) is 47.8 Å². The van der Waals surface area contributed by atoms with Crippen molar-refractivity contribution in [1.82, 2.24) is 0 Å². The van der Waals surface area contributed by atoms with Gasteiger partial charge in [0.1, 0.15) is 0 Å². The van der Waals surface area contributed by atoms with E-state index in [1.54, 1.807) is 38.1 Å². The fourth-order valence-electron chi connectivity index (χ4n) is 4.05. The molecule has 3 aromatic carbocycles. The summed E-state index contributed by atoms with van der Waals surface area (Å²) in [5, 5.41) is 0. The smallest absolute Gasteiger partial charge is 0.338 e. The van der Waals surface area contributed by atoms with Gasteiger partial charge in [0.15, 0.2) is 0 Å². The second-order valence-electron chi connectivity index (χ2n) is 8.45. The van der Waals surface area contributed by atoms with Gasteiger partial charge in [-0.15, -0.1) is 0 Å². The lowest BCUT2D eigenvalue weighted by Crippen LogP contribution is -2.25. The molecular weight excluding hydrogens is 480 g/mol. The molecule has 2 atom stereocenters. The highest BCUT2D eigenvalue weighted by molar-refractivity contribution is 6.00. The maximum absolute atomic E-state index is 13.0. The van der Waals surface area contributed by atoms with Crippen LogP contribution in [0.3, 0.4) is 0 Å². The summed E-state index contributed by atoms with van der Waals surface area (Å²) in [7, 11) is 0. The van der Waals surface area contributed by atoms with Crippen LogP contribution in [0.4, 0.5) is 0 Å². The van der Waals surface area contributed by atoms with Gasteiger partial charge in [0.2, 0.25) is 0 Å². The fraction of sp³-hybridized carbons (Fsp3) is 0.200. The van der Waals surface area contributed by atoms with Crippen molar-refractivity contribution in [1.29, 1.82) is 0 Å². The van der Waals surface area contributed by atoms with Crippen LogP contribution in [0.1, 0.15) is 48.2 Å². The van der Waals surface area contributed by atoms with Gasteiger partial charge >= 0.3 is 11.9 Å². The van der Waals surface area contributed by atoms with E-state index in [9.17, 15) is 9.59 Å². The normalized spacial score (nSPS) is 14.0. The van der Waals surface area contributed by atoms with Crippen LogP contribution < -0.4 is 22.9 Å². The number of carbonyl (C=O) groups excluding carboxylic acids is 2. The highest BCUT2D eigenvalue weighted by atomic mass is 16.5. The van der Waals surface area contributed by atoms with Gasteiger partial charge < -0.3 is 32.4 Å². The predicted octanol–water partition coefficient (Wildman–Crippen LogP) is 3.55. The topological polar surface area (TPSA) is 157 Å². The summed E-state index contributed by atoms with van der Waals surface area (Å²) < 4.78 is 10.6. The lowest BCUT2D eigenvalue weighted by molar-refractivity contribution is -0.139. The Hall–Kier alpha value is -4.40. The summed E-state index contributed by atoms with van der Waals surface area (Å²) in [5.74, 6) is -1.23. The summed E-state index contributed by atoms with van der Waals surface area (Å²) in [4.78, 5) is 25.9. The lowest BCUT2D eigenvalue weighted by atomic mass is 9.92. The average Bonchev–Trinajstić information content (AvgIpc) is 2.94. The average molecular weight is 515 g/mol. The molecule has 8 nitrogen and oxygen atoms in total. The molecule has 0 saturated heterocycles. The Kier molecular flexibility index (Phi) is 9.81. The second-order valence-corrected chi connectivity index (χ2v) is 8.45. The van der Waals surface area contributed by atoms with E-state index in [2.05, 4.69) is 0 Å². The minimum absolute atomic E-state index is 0.115.